The third-order valence-corrected chi connectivity index (χ3v) is 7.91. The maximum absolute atomic E-state index is 6.86. The maximum Gasteiger partial charge on any atom is 0.334 e. The summed E-state index contributed by atoms with van der Waals surface area (Å²) in [6.07, 6.45) is 0.788. The van der Waals surface area contributed by atoms with E-state index in [1.54, 1.807) is 0 Å². The zero-order chi connectivity index (χ0) is 23.2. The summed E-state index contributed by atoms with van der Waals surface area (Å²) >= 11 is 0. The van der Waals surface area contributed by atoms with Crippen LogP contribution >= 0.6 is 8.60 Å². The Kier molecular flexibility index (Phi) is 6.01. The molecule has 5 rings (SSSR count). The van der Waals surface area contributed by atoms with Gasteiger partial charge in [-0.1, -0.05) is 72.8 Å². The molecule has 0 N–H and O–H groups in total. The lowest BCUT2D eigenvalue weighted by molar-refractivity contribution is 0.0282. The lowest BCUT2D eigenvalue weighted by Gasteiger charge is -2.40. The summed E-state index contributed by atoms with van der Waals surface area (Å²) in [6, 6.07) is 26.2. The second kappa shape index (κ2) is 8.81. The Bertz CT molecular complexity index is 1300. The van der Waals surface area contributed by atoms with Gasteiger partial charge < -0.3 is 13.6 Å². The molecular weight excluding hydrogens is 427 g/mol. The first kappa shape index (κ1) is 22.5. The highest BCUT2D eigenvalue weighted by molar-refractivity contribution is 7.41. The molecule has 1 atom stereocenters. The van der Waals surface area contributed by atoms with Gasteiger partial charge in [0.05, 0.1) is 12.2 Å². The molecule has 1 aliphatic rings. The molecule has 0 saturated heterocycles. The molecule has 4 aromatic carbocycles. The van der Waals surface area contributed by atoms with Crippen LogP contribution in [-0.2, 0) is 25.6 Å². The lowest BCUT2D eigenvalue weighted by atomic mass is 9.73. The zero-order valence-corrected chi connectivity index (χ0v) is 20.9. The van der Waals surface area contributed by atoms with Gasteiger partial charge in [-0.05, 0) is 72.9 Å². The molecule has 0 saturated carbocycles. The van der Waals surface area contributed by atoms with Gasteiger partial charge in [-0.3, -0.25) is 0 Å². The molecule has 0 radical (unpaired) electrons. The number of hydrogen-bond donors (Lipinski definition) is 0. The van der Waals surface area contributed by atoms with Gasteiger partial charge in [0, 0.05) is 12.0 Å². The summed E-state index contributed by atoms with van der Waals surface area (Å²) < 4.78 is 19.2. The van der Waals surface area contributed by atoms with Crippen LogP contribution in [0.15, 0.2) is 72.8 Å². The van der Waals surface area contributed by atoms with Crippen molar-refractivity contribution < 1.29 is 13.6 Å². The van der Waals surface area contributed by atoms with Crippen molar-refractivity contribution in [1.82, 2.24) is 0 Å². The molecule has 3 nitrogen and oxygen atoms in total. The fourth-order valence-corrected chi connectivity index (χ4v) is 6.23. The number of benzene rings is 4. The molecule has 33 heavy (non-hydrogen) atoms. The molecule has 0 aliphatic heterocycles. The van der Waals surface area contributed by atoms with Crippen LogP contribution in [0, 0.1) is 0 Å². The summed E-state index contributed by atoms with van der Waals surface area (Å²) in [5.41, 5.74) is 4.46. The highest BCUT2D eigenvalue weighted by Crippen LogP contribution is 2.56. The average Bonchev–Trinajstić information content (AvgIpc) is 2.77. The monoisotopic (exact) mass is 458 g/mol. The molecule has 0 heterocycles. The van der Waals surface area contributed by atoms with Crippen molar-refractivity contribution in [3.05, 3.63) is 83.9 Å². The first-order chi connectivity index (χ1) is 15.9. The van der Waals surface area contributed by atoms with Gasteiger partial charge in [0.2, 0.25) is 0 Å². The molecule has 0 fully saturated rings. The topological polar surface area (TPSA) is 27.7 Å². The Balaban J connectivity index is 1.74. The van der Waals surface area contributed by atoms with Crippen LogP contribution in [0.4, 0.5) is 0 Å². The van der Waals surface area contributed by atoms with E-state index in [1.807, 2.05) is 27.7 Å². The van der Waals surface area contributed by atoms with Gasteiger partial charge in [0.25, 0.3) is 0 Å². The molecule has 4 heteroatoms. The van der Waals surface area contributed by atoms with Crippen LogP contribution < -0.4 is 0 Å². The minimum absolute atomic E-state index is 0.0159. The van der Waals surface area contributed by atoms with Crippen molar-refractivity contribution in [2.75, 3.05) is 0 Å². The molecule has 4 aromatic rings. The van der Waals surface area contributed by atoms with Crippen molar-refractivity contribution in [2.45, 2.75) is 58.8 Å². The summed E-state index contributed by atoms with van der Waals surface area (Å²) in [5.74, 6) is 0. The fraction of sp³-hybridized carbons (Fsp3) is 0.310. The van der Waals surface area contributed by atoms with Gasteiger partial charge in [-0.2, -0.15) is 0 Å². The highest BCUT2D eigenvalue weighted by Gasteiger charge is 2.41. The van der Waals surface area contributed by atoms with E-state index in [1.165, 1.54) is 43.8 Å². The number of fused-ring (bicyclic) bond motifs is 7. The average molecular weight is 459 g/mol. The van der Waals surface area contributed by atoms with Gasteiger partial charge >= 0.3 is 8.60 Å². The summed E-state index contributed by atoms with van der Waals surface area (Å²) in [6.45, 7) is 10.3. The normalized spacial score (nSPS) is 17.8. The second-order valence-electron chi connectivity index (χ2n) is 9.55. The predicted octanol–water partition coefficient (Wildman–Crippen LogP) is 8.52. The minimum atomic E-state index is -1.52. The quantitative estimate of drug-likeness (QED) is 0.271. The van der Waals surface area contributed by atoms with Crippen LogP contribution in [0.3, 0.4) is 0 Å². The van der Waals surface area contributed by atoms with E-state index in [0.29, 0.717) is 0 Å². The molecule has 170 valence electrons. The van der Waals surface area contributed by atoms with Crippen LogP contribution in [-0.4, -0.2) is 12.2 Å². The van der Waals surface area contributed by atoms with E-state index in [-0.39, 0.29) is 12.2 Å². The second-order valence-corrected chi connectivity index (χ2v) is 10.6. The molecule has 0 unspecified atom stereocenters. The van der Waals surface area contributed by atoms with Gasteiger partial charge in [0.1, 0.15) is 5.60 Å². The van der Waals surface area contributed by atoms with Crippen molar-refractivity contribution in [2.24, 2.45) is 0 Å². The fourth-order valence-electron chi connectivity index (χ4n) is 4.92. The largest absolute Gasteiger partial charge is 0.334 e. The van der Waals surface area contributed by atoms with Crippen LogP contribution in [0.5, 0.6) is 0 Å². The Morgan fingerprint density at radius 1 is 0.697 bits per heavy atom. The van der Waals surface area contributed by atoms with Crippen LogP contribution in [0.2, 0.25) is 0 Å². The third kappa shape index (κ3) is 4.20. The maximum atomic E-state index is 6.86. The van der Waals surface area contributed by atoms with Crippen molar-refractivity contribution in [3.63, 3.8) is 0 Å². The third-order valence-electron chi connectivity index (χ3n) is 6.17. The Labute approximate surface area is 197 Å². The van der Waals surface area contributed by atoms with Gasteiger partial charge in [-0.25, -0.2) is 0 Å². The SMILES string of the molecule is CC(C)OP(OC(C)C)O[C@@]1(C)Cc2c(ccc3ccccc23)-c2ccc3ccccc3c21. The summed E-state index contributed by atoms with van der Waals surface area (Å²) in [7, 11) is -1.52. The minimum Gasteiger partial charge on any atom is -0.309 e. The summed E-state index contributed by atoms with van der Waals surface area (Å²) in [4.78, 5) is 0. The van der Waals surface area contributed by atoms with Crippen LogP contribution in [0.1, 0.15) is 45.7 Å². The molecule has 0 spiro atoms. The number of rotatable bonds is 6. The molecule has 0 aromatic heterocycles. The lowest BCUT2D eigenvalue weighted by Crippen LogP contribution is -2.32. The van der Waals surface area contributed by atoms with Gasteiger partial charge in [-0.15, -0.1) is 0 Å². The van der Waals surface area contributed by atoms with Crippen molar-refractivity contribution >= 4 is 30.1 Å². The summed E-state index contributed by atoms with van der Waals surface area (Å²) in [5, 5.41) is 4.97. The molecule has 0 bridgehead atoms. The van der Waals surface area contributed by atoms with Crippen molar-refractivity contribution in [3.8, 4) is 11.1 Å². The van der Waals surface area contributed by atoms with E-state index in [4.69, 9.17) is 13.6 Å². The van der Waals surface area contributed by atoms with E-state index >= 15 is 0 Å². The standard InChI is InChI=1S/C29H31O3P/c1-19(2)30-33(31-20(3)4)32-29(5)18-27-23-12-8-6-10-21(23)14-16-25(27)26-17-15-22-11-7-9-13-24(22)28(26)29/h6-17,19-20H,18H2,1-5H3/t29-/m0/s1. The smallest absolute Gasteiger partial charge is 0.309 e. The Morgan fingerprint density at radius 2 is 1.24 bits per heavy atom. The van der Waals surface area contributed by atoms with Crippen LogP contribution in [0.25, 0.3) is 32.7 Å². The predicted molar refractivity (Wildman–Crippen MR) is 138 cm³/mol. The molecular formula is C29H31O3P. The first-order valence-electron chi connectivity index (χ1n) is 11.7. The molecule has 0 amide bonds. The van der Waals surface area contributed by atoms with E-state index in [9.17, 15) is 0 Å². The number of hydrogen-bond acceptors (Lipinski definition) is 3. The van der Waals surface area contributed by atoms with E-state index in [2.05, 4.69) is 79.7 Å². The Morgan fingerprint density at radius 3 is 1.88 bits per heavy atom. The Hall–Kier alpha value is -2.29. The highest BCUT2D eigenvalue weighted by atomic mass is 31.2. The molecule has 1 aliphatic carbocycles. The van der Waals surface area contributed by atoms with E-state index < -0.39 is 14.2 Å². The van der Waals surface area contributed by atoms with Crippen molar-refractivity contribution in [1.29, 1.82) is 0 Å². The first-order valence-corrected chi connectivity index (χ1v) is 12.8. The van der Waals surface area contributed by atoms with Gasteiger partial charge in [0.15, 0.2) is 0 Å². The zero-order valence-electron chi connectivity index (χ0n) is 20.0. The van der Waals surface area contributed by atoms with E-state index in [0.717, 1.165) is 6.42 Å².